The van der Waals surface area contributed by atoms with Crippen LogP contribution in [-0.2, 0) is 7.05 Å². The molecule has 1 N–H and O–H groups in total. The molecular weight excluding hydrogens is 264 g/mol. The highest BCUT2D eigenvalue weighted by Crippen LogP contribution is 2.21. The molecule has 0 aliphatic heterocycles. The number of fused-ring (bicyclic) bond motifs is 1. The van der Waals surface area contributed by atoms with Crippen LogP contribution in [0.3, 0.4) is 0 Å². The summed E-state index contributed by atoms with van der Waals surface area (Å²) in [6.07, 6.45) is 1.60. The van der Waals surface area contributed by atoms with E-state index in [1.54, 1.807) is 41.2 Å². The molecule has 5 heteroatoms. The summed E-state index contributed by atoms with van der Waals surface area (Å²) >= 11 is 5.80. The van der Waals surface area contributed by atoms with E-state index in [1.807, 2.05) is 13.1 Å². The highest BCUT2D eigenvalue weighted by molar-refractivity contribution is 6.30. The molecule has 96 valence electrons. The Morgan fingerprint density at radius 2 is 2.00 bits per heavy atom. The van der Waals surface area contributed by atoms with Gasteiger partial charge in [0.05, 0.1) is 11.8 Å². The van der Waals surface area contributed by atoms with Crippen molar-refractivity contribution in [3.63, 3.8) is 0 Å². The van der Waals surface area contributed by atoms with Crippen LogP contribution in [0.15, 0.2) is 47.1 Å². The molecule has 0 fully saturated rings. The van der Waals surface area contributed by atoms with E-state index in [9.17, 15) is 4.79 Å². The van der Waals surface area contributed by atoms with E-state index in [2.05, 4.69) is 5.32 Å². The summed E-state index contributed by atoms with van der Waals surface area (Å²) in [6, 6.07) is 10.5. The molecule has 0 bridgehead atoms. The molecule has 0 saturated heterocycles. The number of halogens is 1. The predicted octanol–water partition coefficient (Wildman–Crippen LogP) is 3.68. The molecule has 0 saturated carbocycles. The Kier molecular flexibility index (Phi) is 2.80. The smallest absolute Gasteiger partial charge is 0.272 e. The van der Waals surface area contributed by atoms with Gasteiger partial charge in [0, 0.05) is 29.9 Å². The van der Waals surface area contributed by atoms with Gasteiger partial charge < -0.3 is 14.3 Å². The minimum Gasteiger partial charge on any atom is -0.463 e. The topological polar surface area (TPSA) is 47.2 Å². The Morgan fingerprint density at radius 1 is 1.26 bits per heavy atom. The Morgan fingerprint density at radius 3 is 2.68 bits per heavy atom. The Hall–Kier alpha value is -2.20. The molecule has 0 atom stereocenters. The first kappa shape index (κ1) is 11.9. The van der Waals surface area contributed by atoms with Crippen LogP contribution in [0.25, 0.3) is 11.1 Å². The first-order chi connectivity index (χ1) is 9.15. The number of rotatable bonds is 2. The van der Waals surface area contributed by atoms with Crippen molar-refractivity contribution in [2.45, 2.75) is 0 Å². The zero-order chi connectivity index (χ0) is 13.4. The molecular formula is C14H11ClN2O2. The van der Waals surface area contributed by atoms with E-state index < -0.39 is 0 Å². The van der Waals surface area contributed by atoms with E-state index in [0.29, 0.717) is 22.0 Å². The summed E-state index contributed by atoms with van der Waals surface area (Å²) in [7, 11) is 1.83. The van der Waals surface area contributed by atoms with Crippen LogP contribution in [0, 0.1) is 0 Å². The fourth-order valence-corrected chi connectivity index (χ4v) is 2.12. The number of furan rings is 1. The van der Waals surface area contributed by atoms with Crippen molar-refractivity contribution in [2.75, 3.05) is 5.32 Å². The normalized spacial score (nSPS) is 10.8. The first-order valence-corrected chi connectivity index (χ1v) is 6.13. The zero-order valence-electron chi connectivity index (χ0n) is 10.2. The molecule has 0 aliphatic rings. The maximum Gasteiger partial charge on any atom is 0.272 e. The van der Waals surface area contributed by atoms with Gasteiger partial charge in [-0.2, -0.15) is 0 Å². The molecule has 2 aromatic heterocycles. The van der Waals surface area contributed by atoms with Crippen LogP contribution in [0.2, 0.25) is 5.02 Å². The maximum absolute atomic E-state index is 12.2. The zero-order valence-corrected chi connectivity index (χ0v) is 10.9. The molecule has 0 aliphatic carbocycles. The molecule has 0 unspecified atom stereocenters. The summed E-state index contributed by atoms with van der Waals surface area (Å²) in [5, 5.41) is 3.45. The van der Waals surface area contributed by atoms with Crippen LogP contribution in [0.4, 0.5) is 5.69 Å². The molecule has 4 nitrogen and oxygen atoms in total. The third-order valence-electron chi connectivity index (χ3n) is 3.00. The molecule has 1 amide bonds. The maximum atomic E-state index is 12.2. The van der Waals surface area contributed by atoms with Gasteiger partial charge in [-0.15, -0.1) is 0 Å². The van der Waals surface area contributed by atoms with Crippen molar-refractivity contribution in [3.8, 4) is 0 Å². The number of hydrogen-bond acceptors (Lipinski definition) is 2. The predicted molar refractivity (Wildman–Crippen MR) is 74.6 cm³/mol. The summed E-state index contributed by atoms with van der Waals surface area (Å²) in [5.74, 6) is -0.184. The third kappa shape index (κ3) is 2.11. The minimum absolute atomic E-state index is 0.184. The molecule has 1 aromatic carbocycles. The third-order valence-corrected chi connectivity index (χ3v) is 3.25. The van der Waals surface area contributed by atoms with E-state index in [4.69, 9.17) is 16.0 Å². The van der Waals surface area contributed by atoms with Crippen LogP contribution >= 0.6 is 11.6 Å². The summed E-state index contributed by atoms with van der Waals surface area (Å²) in [6.45, 7) is 0. The standard InChI is InChI=1S/C14H11ClN2O2/c1-17-11-6-7-19-13(11)8-12(17)14(18)16-10-4-2-9(15)3-5-10/h2-8H,1H3,(H,16,18). The van der Waals surface area contributed by atoms with E-state index >= 15 is 0 Å². The van der Waals surface area contributed by atoms with Gasteiger partial charge in [0.25, 0.3) is 5.91 Å². The van der Waals surface area contributed by atoms with Crippen molar-refractivity contribution in [1.29, 1.82) is 0 Å². The number of nitrogens with one attached hydrogen (secondary N) is 1. The lowest BCUT2D eigenvalue weighted by Gasteiger charge is -2.06. The largest absolute Gasteiger partial charge is 0.463 e. The van der Waals surface area contributed by atoms with Gasteiger partial charge in [0.1, 0.15) is 5.69 Å². The minimum atomic E-state index is -0.184. The number of anilines is 1. The molecule has 0 radical (unpaired) electrons. The number of hydrogen-bond donors (Lipinski definition) is 1. The van der Waals surface area contributed by atoms with Crippen molar-refractivity contribution in [1.82, 2.24) is 4.57 Å². The fourth-order valence-electron chi connectivity index (χ4n) is 2.00. The second-order valence-electron chi connectivity index (χ2n) is 4.22. The van der Waals surface area contributed by atoms with E-state index in [-0.39, 0.29) is 5.91 Å². The molecule has 3 rings (SSSR count). The monoisotopic (exact) mass is 274 g/mol. The fraction of sp³-hybridized carbons (Fsp3) is 0.0714. The van der Waals surface area contributed by atoms with E-state index in [1.165, 1.54) is 0 Å². The Labute approximate surface area is 114 Å². The van der Waals surface area contributed by atoms with E-state index in [0.717, 1.165) is 5.52 Å². The number of nitrogens with zero attached hydrogens (tertiary/aromatic N) is 1. The molecule has 0 spiro atoms. The van der Waals surface area contributed by atoms with Crippen LogP contribution < -0.4 is 5.32 Å². The Balaban J connectivity index is 1.89. The number of amides is 1. The number of aryl methyl sites for hydroxylation is 1. The lowest BCUT2D eigenvalue weighted by Crippen LogP contribution is -2.15. The summed E-state index contributed by atoms with van der Waals surface area (Å²) < 4.78 is 7.07. The number of benzene rings is 1. The highest BCUT2D eigenvalue weighted by Gasteiger charge is 2.15. The summed E-state index contributed by atoms with van der Waals surface area (Å²) in [5.41, 5.74) is 2.83. The lowest BCUT2D eigenvalue weighted by atomic mass is 10.3. The van der Waals surface area contributed by atoms with Gasteiger partial charge in [-0.05, 0) is 24.3 Å². The highest BCUT2D eigenvalue weighted by atomic mass is 35.5. The number of carbonyl (C=O) groups excluding carboxylic acids is 1. The summed E-state index contributed by atoms with van der Waals surface area (Å²) in [4.78, 5) is 12.2. The number of aromatic nitrogens is 1. The van der Waals surface area contributed by atoms with Crippen LogP contribution in [0.5, 0.6) is 0 Å². The van der Waals surface area contributed by atoms with Crippen molar-refractivity contribution in [3.05, 3.63) is 53.4 Å². The van der Waals surface area contributed by atoms with Gasteiger partial charge in [-0.1, -0.05) is 11.6 Å². The van der Waals surface area contributed by atoms with Gasteiger partial charge >= 0.3 is 0 Å². The molecule has 2 heterocycles. The second-order valence-corrected chi connectivity index (χ2v) is 4.66. The van der Waals surface area contributed by atoms with Crippen molar-refractivity contribution >= 4 is 34.3 Å². The quantitative estimate of drug-likeness (QED) is 0.775. The van der Waals surface area contributed by atoms with Crippen LogP contribution in [-0.4, -0.2) is 10.5 Å². The van der Waals surface area contributed by atoms with Gasteiger partial charge in [-0.3, -0.25) is 4.79 Å². The number of carbonyl (C=O) groups is 1. The average Bonchev–Trinajstić information content (AvgIpc) is 2.96. The average molecular weight is 275 g/mol. The van der Waals surface area contributed by atoms with Gasteiger partial charge in [0.2, 0.25) is 0 Å². The lowest BCUT2D eigenvalue weighted by molar-refractivity contribution is 0.101. The van der Waals surface area contributed by atoms with Gasteiger partial charge in [-0.25, -0.2) is 0 Å². The molecule has 3 aromatic rings. The van der Waals surface area contributed by atoms with Crippen LogP contribution in [0.1, 0.15) is 10.5 Å². The van der Waals surface area contributed by atoms with Crippen molar-refractivity contribution < 1.29 is 9.21 Å². The Bertz CT molecular complexity index is 740. The SMILES string of the molecule is Cn1c(C(=O)Nc2ccc(Cl)cc2)cc2occc21. The van der Waals surface area contributed by atoms with Gasteiger partial charge in [0.15, 0.2) is 5.58 Å². The second kappa shape index (κ2) is 4.48. The van der Waals surface area contributed by atoms with Crippen molar-refractivity contribution in [2.24, 2.45) is 7.05 Å². The molecule has 19 heavy (non-hydrogen) atoms. The first-order valence-electron chi connectivity index (χ1n) is 5.75.